The molecule has 0 spiro atoms. The van der Waals surface area contributed by atoms with Gasteiger partial charge in [0.05, 0.1) is 12.8 Å². The Hall–Kier alpha value is -1.30. The largest absolute Gasteiger partial charge is 0.444 e. The number of oxime groups is 1. The molecule has 0 unspecified atom stereocenters. The first kappa shape index (κ1) is 13.8. The molecule has 17 heavy (non-hydrogen) atoms. The van der Waals surface area contributed by atoms with Crippen molar-refractivity contribution in [1.82, 2.24) is 4.90 Å². The van der Waals surface area contributed by atoms with E-state index in [0.717, 1.165) is 0 Å². The third kappa shape index (κ3) is 3.33. The SMILES string of the molecule is CC(C)(C)OC(=O)N1[C@@H](/C=N/O)COC1(C)C. The molecule has 0 aromatic carbocycles. The third-order valence-corrected chi connectivity index (χ3v) is 2.35. The summed E-state index contributed by atoms with van der Waals surface area (Å²) in [5, 5.41) is 11.5. The maximum Gasteiger partial charge on any atom is 0.413 e. The molecule has 1 saturated heterocycles. The van der Waals surface area contributed by atoms with Gasteiger partial charge in [-0.05, 0) is 34.6 Å². The Kier molecular flexibility index (Phi) is 3.66. The van der Waals surface area contributed by atoms with E-state index >= 15 is 0 Å². The van der Waals surface area contributed by atoms with Crippen molar-refractivity contribution in [3.05, 3.63) is 0 Å². The molecule has 98 valence electrons. The van der Waals surface area contributed by atoms with Crippen LogP contribution in [0, 0.1) is 0 Å². The van der Waals surface area contributed by atoms with Gasteiger partial charge in [0, 0.05) is 0 Å². The lowest BCUT2D eigenvalue weighted by Gasteiger charge is -2.33. The number of carbonyl (C=O) groups is 1. The van der Waals surface area contributed by atoms with Crippen LogP contribution in [0.3, 0.4) is 0 Å². The van der Waals surface area contributed by atoms with Crippen molar-refractivity contribution in [2.75, 3.05) is 6.61 Å². The molecule has 0 aliphatic carbocycles. The zero-order chi connectivity index (χ0) is 13.3. The molecule has 0 radical (unpaired) electrons. The van der Waals surface area contributed by atoms with E-state index < -0.39 is 23.5 Å². The topological polar surface area (TPSA) is 71.4 Å². The standard InChI is InChI=1S/C11H20N2O4/c1-10(2,3)17-9(14)13-8(6-12-15)7-16-11(13,4)5/h6,8,15H,7H2,1-5H3/b12-6+/t8-/m0/s1. The summed E-state index contributed by atoms with van der Waals surface area (Å²) in [7, 11) is 0. The molecule has 0 saturated carbocycles. The van der Waals surface area contributed by atoms with Crippen LogP contribution < -0.4 is 0 Å². The Balaban J connectivity index is 2.86. The molecule has 6 heteroatoms. The number of nitrogens with zero attached hydrogens (tertiary/aromatic N) is 2. The van der Waals surface area contributed by atoms with E-state index in [0.29, 0.717) is 0 Å². The summed E-state index contributed by atoms with van der Waals surface area (Å²) in [6.45, 7) is 9.21. The minimum atomic E-state index is -0.770. The van der Waals surface area contributed by atoms with E-state index in [-0.39, 0.29) is 6.61 Å². The summed E-state index contributed by atoms with van der Waals surface area (Å²) in [6.07, 6.45) is 0.781. The van der Waals surface area contributed by atoms with Gasteiger partial charge < -0.3 is 14.7 Å². The van der Waals surface area contributed by atoms with Gasteiger partial charge in [-0.1, -0.05) is 5.16 Å². The quantitative estimate of drug-likeness (QED) is 0.434. The predicted octanol–water partition coefficient (Wildman–Crippen LogP) is 1.82. The third-order valence-electron chi connectivity index (χ3n) is 2.35. The van der Waals surface area contributed by atoms with Gasteiger partial charge in [0.25, 0.3) is 0 Å². The molecule has 0 aromatic heterocycles. The summed E-state index contributed by atoms with van der Waals surface area (Å²) >= 11 is 0. The van der Waals surface area contributed by atoms with Crippen molar-refractivity contribution in [3.8, 4) is 0 Å². The Morgan fingerprint density at radius 1 is 1.59 bits per heavy atom. The second kappa shape index (κ2) is 4.52. The Bertz CT molecular complexity index is 320. The van der Waals surface area contributed by atoms with Crippen molar-refractivity contribution in [2.24, 2.45) is 5.16 Å². The fraction of sp³-hybridized carbons (Fsp3) is 0.818. The highest BCUT2D eigenvalue weighted by atomic mass is 16.6. The Labute approximate surface area is 101 Å². The van der Waals surface area contributed by atoms with E-state index in [1.807, 2.05) is 0 Å². The van der Waals surface area contributed by atoms with Crippen LogP contribution in [0.1, 0.15) is 34.6 Å². The second-order valence-corrected chi connectivity index (χ2v) is 5.44. The predicted molar refractivity (Wildman–Crippen MR) is 62.2 cm³/mol. The lowest BCUT2D eigenvalue weighted by atomic mass is 10.2. The fourth-order valence-corrected chi connectivity index (χ4v) is 1.69. The van der Waals surface area contributed by atoms with Crippen LogP contribution in [0.5, 0.6) is 0 Å². The molecule has 1 aliphatic heterocycles. The van der Waals surface area contributed by atoms with Gasteiger partial charge in [0.2, 0.25) is 0 Å². The molecular formula is C11H20N2O4. The first-order valence-corrected chi connectivity index (χ1v) is 5.51. The summed E-state index contributed by atoms with van der Waals surface area (Å²) < 4.78 is 10.8. The highest BCUT2D eigenvalue weighted by molar-refractivity contribution is 5.76. The highest BCUT2D eigenvalue weighted by Crippen LogP contribution is 2.28. The van der Waals surface area contributed by atoms with E-state index in [2.05, 4.69) is 5.16 Å². The van der Waals surface area contributed by atoms with Gasteiger partial charge in [-0.2, -0.15) is 0 Å². The minimum Gasteiger partial charge on any atom is -0.444 e. The Morgan fingerprint density at radius 2 is 2.18 bits per heavy atom. The van der Waals surface area contributed by atoms with Gasteiger partial charge in [0.15, 0.2) is 0 Å². The van der Waals surface area contributed by atoms with Crippen molar-refractivity contribution < 1.29 is 19.5 Å². The van der Waals surface area contributed by atoms with E-state index in [4.69, 9.17) is 14.7 Å². The van der Waals surface area contributed by atoms with Crippen molar-refractivity contribution in [1.29, 1.82) is 0 Å². The van der Waals surface area contributed by atoms with E-state index in [1.54, 1.807) is 34.6 Å². The number of amides is 1. The Morgan fingerprint density at radius 3 is 2.65 bits per heavy atom. The lowest BCUT2D eigenvalue weighted by molar-refractivity contribution is -0.0604. The van der Waals surface area contributed by atoms with Gasteiger partial charge in [-0.3, -0.25) is 4.90 Å². The molecular weight excluding hydrogens is 224 g/mol. The maximum atomic E-state index is 12.0. The van der Waals surface area contributed by atoms with Crippen LogP contribution in [0.4, 0.5) is 4.79 Å². The molecule has 6 nitrogen and oxygen atoms in total. The molecule has 0 bridgehead atoms. The number of hydrogen-bond acceptors (Lipinski definition) is 5. The molecule has 1 aliphatic rings. The number of ether oxygens (including phenoxy) is 2. The smallest absolute Gasteiger partial charge is 0.413 e. The maximum absolute atomic E-state index is 12.0. The van der Waals surface area contributed by atoms with E-state index in [1.165, 1.54) is 11.1 Å². The van der Waals surface area contributed by atoms with E-state index in [9.17, 15) is 4.79 Å². The van der Waals surface area contributed by atoms with Crippen LogP contribution in [0.2, 0.25) is 0 Å². The van der Waals surface area contributed by atoms with Gasteiger partial charge >= 0.3 is 6.09 Å². The zero-order valence-electron chi connectivity index (χ0n) is 10.9. The molecule has 0 aromatic rings. The summed E-state index contributed by atoms with van der Waals surface area (Å²) in [4.78, 5) is 13.5. The van der Waals surface area contributed by atoms with Crippen molar-refractivity contribution in [3.63, 3.8) is 0 Å². The minimum absolute atomic E-state index is 0.288. The zero-order valence-corrected chi connectivity index (χ0v) is 10.9. The molecule has 1 rings (SSSR count). The first-order valence-electron chi connectivity index (χ1n) is 5.51. The number of carbonyl (C=O) groups excluding carboxylic acids is 1. The monoisotopic (exact) mass is 244 g/mol. The fourth-order valence-electron chi connectivity index (χ4n) is 1.69. The van der Waals surface area contributed by atoms with Crippen LogP contribution in [0.25, 0.3) is 0 Å². The van der Waals surface area contributed by atoms with Gasteiger partial charge in [0.1, 0.15) is 17.4 Å². The summed E-state index contributed by atoms with van der Waals surface area (Å²) in [6, 6.07) is -0.412. The highest BCUT2D eigenvalue weighted by Gasteiger charge is 2.45. The van der Waals surface area contributed by atoms with Crippen LogP contribution in [0.15, 0.2) is 5.16 Å². The first-order chi connectivity index (χ1) is 7.67. The van der Waals surface area contributed by atoms with Crippen molar-refractivity contribution in [2.45, 2.75) is 52.0 Å². The number of rotatable bonds is 1. The average molecular weight is 244 g/mol. The molecule has 1 heterocycles. The number of hydrogen-bond donors (Lipinski definition) is 1. The van der Waals surface area contributed by atoms with Gasteiger partial charge in [-0.25, -0.2) is 4.79 Å². The van der Waals surface area contributed by atoms with Crippen LogP contribution in [-0.2, 0) is 9.47 Å². The van der Waals surface area contributed by atoms with Gasteiger partial charge in [-0.15, -0.1) is 0 Å². The van der Waals surface area contributed by atoms with Crippen LogP contribution >= 0.6 is 0 Å². The molecule has 1 N–H and O–H groups in total. The molecule has 1 amide bonds. The molecule has 1 atom stereocenters. The normalized spacial score (nSPS) is 24.3. The van der Waals surface area contributed by atoms with Crippen LogP contribution in [-0.4, -0.2) is 46.4 Å². The summed E-state index contributed by atoms with van der Waals surface area (Å²) in [5.74, 6) is 0. The average Bonchev–Trinajstić information content (AvgIpc) is 2.39. The summed E-state index contributed by atoms with van der Waals surface area (Å²) in [5.41, 5.74) is -1.34. The van der Waals surface area contributed by atoms with Crippen molar-refractivity contribution >= 4 is 12.3 Å². The lowest BCUT2D eigenvalue weighted by Crippen LogP contribution is -2.50. The second-order valence-electron chi connectivity index (χ2n) is 5.44. The molecule has 1 fully saturated rings.